The highest BCUT2D eigenvalue weighted by atomic mass is 16.3. The van der Waals surface area contributed by atoms with Crippen molar-refractivity contribution in [3.05, 3.63) is 23.5 Å². The van der Waals surface area contributed by atoms with Crippen molar-refractivity contribution in [1.82, 2.24) is 10.3 Å². The number of hydrogen-bond acceptors (Lipinski definition) is 3. The van der Waals surface area contributed by atoms with Crippen LogP contribution < -0.4 is 5.32 Å². The molecular formula is C14H24N2O. The van der Waals surface area contributed by atoms with E-state index in [0.29, 0.717) is 6.54 Å². The smallest absolute Gasteiger partial charge is 0.138 e. The van der Waals surface area contributed by atoms with Gasteiger partial charge in [-0.1, -0.05) is 20.8 Å². The van der Waals surface area contributed by atoms with Gasteiger partial charge in [0, 0.05) is 17.8 Å². The standard InChI is InChI=1S/C14H24N2O/c1-5-14(6-2,7-3)15-10-12-13(17)9-8-11(4)16-12/h8-9,15,17H,5-7,10H2,1-4H3. The molecule has 0 fully saturated rings. The fourth-order valence-electron chi connectivity index (χ4n) is 2.13. The van der Waals surface area contributed by atoms with E-state index >= 15 is 0 Å². The van der Waals surface area contributed by atoms with E-state index in [2.05, 4.69) is 31.1 Å². The number of aromatic nitrogens is 1. The first-order chi connectivity index (χ1) is 8.06. The van der Waals surface area contributed by atoms with Crippen molar-refractivity contribution in [2.45, 2.75) is 59.0 Å². The highest BCUT2D eigenvalue weighted by molar-refractivity contribution is 5.27. The van der Waals surface area contributed by atoms with Crippen molar-refractivity contribution in [2.24, 2.45) is 0 Å². The molecule has 96 valence electrons. The first-order valence-corrected chi connectivity index (χ1v) is 6.47. The maximum Gasteiger partial charge on any atom is 0.138 e. The third-order valence-corrected chi connectivity index (χ3v) is 3.75. The highest BCUT2D eigenvalue weighted by Crippen LogP contribution is 2.21. The van der Waals surface area contributed by atoms with Gasteiger partial charge in [-0.2, -0.15) is 0 Å². The number of pyridine rings is 1. The molecule has 0 aromatic carbocycles. The molecule has 0 spiro atoms. The van der Waals surface area contributed by atoms with Gasteiger partial charge in [0.05, 0.1) is 5.69 Å². The largest absolute Gasteiger partial charge is 0.506 e. The Hall–Kier alpha value is -1.09. The van der Waals surface area contributed by atoms with Crippen LogP contribution in [0.4, 0.5) is 0 Å². The zero-order valence-electron chi connectivity index (χ0n) is 11.4. The zero-order valence-corrected chi connectivity index (χ0v) is 11.4. The van der Waals surface area contributed by atoms with Gasteiger partial charge in [-0.15, -0.1) is 0 Å². The van der Waals surface area contributed by atoms with E-state index in [1.807, 2.05) is 13.0 Å². The summed E-state index contributed by atoms with van der Waals surface area (Å²) in [5, 5.41) is 13.3. The summed E-state index contributed by atoms with van der Waals surface area (Å²) in [6, 6.07) is 3.54. The molecule has 0 aliphatic heterocycles. The fourth-order valence-corrected chi connectivity index (χ4v) is 2.13. The van der Waals surface area contributed by atoms with E-state index in [4.69, 9.17) is 0 Å². The molecule has 0 atom stereocenters. The first kappa shape index (κ1) is 14.0. The van der Waals surface area contributed by atoms with Gasteiger partial charge in [-0.25, -0.2) is 0 Å². The Morgan fingerprint density at radius 2 is 1.76 bits per heavy atom. The first-order valence-electron chi connectivity index (χ1n) is 6.47. The van der Waals surface area contributed by atoms with Gasteiger partial charge >= 0.3 is 0 Å². The Morgan fingerprint density at radius 1 is 1.18 bits per heavy atom. The van der Waals surface area contributed by atoms with Crippen molar-refractivity contribution in [1.29, 1.82) is 0 Å². The number of hydrogen-bond donors (Lipinski definition) is 2. The summed E-state index contributed by atoms with van der Waals surface area (Å²) in [5.74, 6) is 0.278. The molecule has 1 aromatic heterocycles. The molecule has 0 saturated carbocycles. The summed E-state index contributed by atoms with van der Waals surface area (Å²) in [7, 11) is 0. The summed E-state index contributed by atoms with van der Waals surface area (Å²) < 4.78 is 0. The van der Waals surface area contributed by atoms with Crippen LogP contribution in [0.1, 0.15) is 51.4 Å². The minimum absolute atomic E-state index is 0.165. The van der Waals surface area contributed by atoms with Crippen molar-refractivity contribution in [2.75, 3.05) is 0 Å². The van der Waals surface area contributed by atoms with Gasteiger partial charge in [0.15, 0.2) is 0 Å². The third kappa shape index (κ3) is 3.43. The summed E-state index contributed by atoms with van der Waals surface area (Å²) in [4.78, 5) is 4.37. The van der Waals surface area contributed by atoms with Crippen molar-refractivity contribution >= 4 is 0 Å². The second-order valence-corrected chi connectivity index (χ2v) is 4.61. The molecule has 0 radical (unpaired) electrons. The normalized spacial score (nSPS) is 11.8. The Bertz CT molecular complexity index is 351. The van der Waals surface area contributed by atoms with E-state index in [1.165, 1.54) is 0 Å². The van der Waals surface area contributed by atoms with Gasteiger partial charge in [0.1, 0.15) is 5.75 Å². The lowest BCUT2D eigenvalue weighted by atomic mass is 9.90. The molecule has 0 saturated heterocycles. The SMILES string of the molecule is CCC(CC)(CC)NCc1nc(C)ccc1O. The number of nitrogens with one attached hydrogen (secondary N) is 1. The van der Waals surface area contributed by atoms with Crippen LogP contribution in [0.25, 0.3) is 0 Å². The van der Waals surface area contributed by atoms with Gasteiger partial charge in [-0.05, 0) is 38.3 Å². The summed E-state index contributed by atoms with van der Waals surface area (Å²) in [6.45, 7) is 9.16. The van der Waals surface area contributed by atoms with Crippen LogP contribution in [-0.4, -0.2) is 15.6 Å². The fraction of sp³-hybridized carbons (Fsp3) is 0.643. The van der Waals surface area contributed by atoms with E-state index in [-0.39, 0.29) is 11.3 Å². The monoisotopic (exact) mass is 236 g/mol. The number of aryl methyl sites for hydroxylation is 1. The van der Waals surface area contributed by atoms with Crippen LogP contribution in [0.2, 0.25) is 0 Å². The van der Waals surface area contributed by atoms with Crippen LogP contribution in [0.15, 0.2) is 12.1 Å². The van der Waals surface area contributed by atoms with Crippen LogP contribution in [0.5, 0.6) is 5.75 Å². The third-order valence-electron chi connectivity index (χ3n) is 3.75. The Balaban J connectivity index is 2.75. The topological polar surface area (TPSA) is 45.2 Å². The number of rotatable bonds is 6. The van der Waals surface area contributed by atoms with Gasteiger partial charge in [0.2, 0.25) is 0 Å². The molecule has 0 bridgehead atoms. The van der Waals surface area contributed by atoms with Gasteiger partial charge in [-0.3, -0.25) is 4.98 Å². The molecule has 1 rings (SSSR count). The van der Waals surface area contributed by atoms with Crippen molar-refractivity contribution in [3.8, 4) is 5.75 Å². The lowest BCUT2D eigenvalue weighted by Crippen LogP contribution is -2.43. The van der Waals surface area contributed by atoms with Gasteiger partial charge < -0.3 is 10.4 Å². The van der Waals surface area contributed by atoms with Crippen molar-refractivity contribution < 1.29 is 5.11 Å². The highest BCUT2D eigenvalue weighted by Gasteiger charge is 2.23. The zero-order chi connectivity index (χ0) is 12.9. The Morgan fingerprint density at radius 3 is 2.29 bits per heavy atom. The minimum atomic E-state index is 0.165. The van der Waals surface area contributed by atoms with Crippen LogP contribution >= 0.6 is 0 Å². The van der Waals surface area contributed by atoms with Crippen LogP contribution in [0.3, 0.4) is 0 Å². The molecule has 0 unspecified atom stereocenters. The second-order valence-electron chi connectivity index (χ2n) is 4.61. The van der Waals surface area contributed by atoms with E-state index in [0.717, 1.165) is 30.7 Å². The predicted octanol–water partition coefficient (Wildman–Crippen LogP) is 3.15. The molecule has 1 heterocycles. The predicted molar refractivity (Wildman–Crippen MR) is 71.1 cm³/mol. The molecule has 2 N–H and O–H groups in total. The Labute approximate surface area is 104 Å². The summed E-state index contributed by atoms with van der Waals surface area (Å²) >= 11 is 0. The van der Waals surface area contributed by atoms with Crippen molar-refractivity contribution in [3.63, 3.8) is 0 Å². The lowest BCUT2D eigenvalue weighted by molar-refractivity contribution is 0.284. The van der Waals surface area contributed by atoms with E-state index in [9.17, 15) is 5.11 Å². The van der Waals surface area contributed by atoms with Crippen LogP contribution in [0, 0.1) is 6.92 Å². The lowest BCUT2D eigenvalue weighted by Gasteiger charge is -2.32. The number of aromatic hydroxyl groups is 1. The average Bonchev–Trinajstić information content (AvgIpc) is 2.35. The minimum Gasteiger partial charge on any atom is -0.506 e. The molecule has 17 heavy (non-hydrogen) atoms. The molecule has 0 aliphatic carbocycles. The molecule has 3 nitrogen and oxygen atoms in total. The van der Waals surface area contributed by atoms with E-state index in [1.54, 1.807) is 6.07 Å². The molecule has 0 aliphatic rings. The Kier molecular flexibility index (Phi) is 4.94. The van der Waals surface area contributed by atoms with Crippen LogP contribution in [-0.2, 0) is 6.54 Å². The molecule has 1 aromatic rings. The molecular weight excluding hydrogens is 212 g/mol. The molecule has 3 heteroatoms. The van der Waals surface area contributed by atoms with E-state index < -0.39 is 0 Å². The maximum atomic E-state index is 9.75. The summed E-state index contributed by atoms with van der Waals surface area (Å²) in [5.41, 5.74) is 1.84. The summed E-state index contributed by atoms with van der Waals surface area (Å²) in [6.07, 6.45) is 3.27. The van der Waals surface area contributed by atoms with Gasteiger partial charge in [0.25, 0.3) is 0 Å². The quantitative estimate of drug-likeness (QED) is 0.797. The molecule has 0 amide bonds. The second kappa shape index (κ2) is 6.01. The maximum absolute atomic E-state index is 9.75. The average molecular weight is 236 g/mol. The number of nitrogens with zero attached hydrogens (tertiary/aromatic N) is 1.